The van der Waals surface area contributed by atoms with Crippen LogP contribution < -0.4 is 0 Å². The smallest absolute Gasteiger partial charge is 0.214 e. The first-order chi connectivity index (χ1) is 7.54. The summed E-state index contributed by atoms with van der Waals surface area (Å²) in [5.74, 6) is 0.186. The summed E-state index contributed by atoms with van der Waals surface area (Å²) < 4.78 is 25.3. The summed E-state index contributed by atoms with van der Waals surface area (Å²) in [5, 5.41) is 0. The molecule has 1 aliphatic rings. The number of fused-ring (bicyclic) bond motifs is 1. The predicted molar refractivity (Wildman–Crippen MR) is 63.7 cm³/mol. The second-order valence-corrected chi connectivity index (χ2v) is 6.52. The lowest BCUT2D eigenvalue weighted by Crippen LogP contribution is -2.32. The number of H-pyrrole nitrogens is 1. The van der Waals surface area contributed by atoms with Crippen molar-refractivity contribution in [1.29, 1.82) is 0 Å². The van der Waals surface area contributed by atoms with E-state index in [1.165, 1.54) is 5.69 Å². The first kappa shape index (κ1) is 11.7. The Balaban J connectivity index is 2.32. The van der Waals surface area contributed by atoms with Crippen LogP contribution in [0.25, 0.3) is 0 Å². The van der Waals surface area contributed by atoms with Crippen LogP contribution in [0.15, 0.2) is 6.20 Å². The maximum absolute atomic E-state index is 11.9. The first-order valence-corrected chi connectivity index (χ1v) is 7.29. The zero-order chi connectivity index (χ0) is 11.8. The summed E-state index contributed by atoms with van der Waals surface area (Å²) in [7, 11) is -3.06. The molecule has 4 nitrogen and oxygen atoms in total. The fraction of sp³-hybridized carbons (Fsp3) is 0.636. The molecule has 1 aromatic rings. The highest BCUT2D eigenvalue weighted by Gasteiger charge is 2.24. The molecule has 0 aliphatic carbocycles. The van der Waals surface area contributed by atoms with E-state index in [1.807, 2.05) is 13.1 Å². The lowest BCUT2D eigenvalue weighted by molar-refractivity contribution is 0.410. The number of nitrogens with one attached hydrogen (secondary N) is 1. The molecule has 0 aromatic carbocycles. The summed E-state index contributed by atoms with van der Waals surface area (Å²) in [6.45, 7) is 4.89. The Bertz CT molecular complexity index is 476. The fourth-order valence-corrected chi connectivity index (χ4v) is 3.26. The second kappa shape index (κ2) is 4.22. The summed E-state index contributed by atoms with van der Waals surface area (Å²) in [6, 6.07) is 0. The number of aromatic nitrogens is 1. The van der Waals surface area contributed by atoms with E-state index in [0.717, 1.165) is 24.0 Å². The lowest BCUT2D eigenvalue weighted by atomic mass is 10.1. The minimum Gasteiger partial charge on any atom is -0.364 e. The second-order valence-electron chi connectivity index (χ2n) is 4.27. The number of aromatic amines is 1. The predicted octanol–water partition coefficient (Wildman–Crippen LogP) is 1.42. The molecule has 0 unspecified atom stereocenters. The molecule has 0 saturated heterocycles. The third-order valence-corrected chi connectivity index (χ3v) is 5.06. The molecule has 90 valence electrons. The van der Waals surface area contributed by atoms with Gasteiger partial charge < -0.3 is 4.98 Å². The van der Waals surface area contributed by atoms with Crippen molar-refractivity contribution < 1.29 is 8.42 Å². The van der Waals surface area contributed by atoms with Gasteiger partial charge in [-0.2, -0.15) is 4.31 Å². The van der Waals surface area contributed by atoms with E-state index in [-0.39, 0.29) is 5.75 Å². The van der Waals surface area contributed by atoms with Crippen molar-refractivity contribution in [1.82, 2.24) is 9.29 Å². The zero-order valence-corrected chi connectivity index (χ0v) is 10.6. The molecular weight excluding hydrogens is 224 g/mol. The van der Waals surface area contributed by atoms with Crippen molar-refractivity contribution in [3.8, 4) is 0 Å². The van der Waals surface area contributed by atoms with Crippen LogP contribution in [0, 0.1) is 6.92 Å². The number of hydrogen-bond donors (Lipinski definition) is 1. The summed E-state index contributed by atoms with van der Waals surface area (Å²) >= 11 is 0. The van der Waals surface area contributed by atoms with Gasteiger partial charge in [0.1, 0.15) is 0 Å². The molecule has 5 heteroatoms. The van der Waals surface area contributed by atoms with Crippen molar-refractivity contribution in [2.45, 2.75) is 33.2 Å². The van der Waals surface area contributed by atoms with E-state index < -0.39 is 10.0 Å². The fourth-order valence-electron chi connectivity index (χ4n) is 2.16. The summed E-state index contributed by atoms with van der Waals surface area (Å²) in [5.41, 5.74) is 3.52. The molecule has 2 rings (SSSR count). The van der Waals surface area contributed by atoms with E-state index in [9.17, 15) is 8.42 Å². The standard InChI is InChI=1S/C11H18N2O2S/c1-3-16(14,15)13-6-4-5-11-10(8-13)9(2)7-12-11/h7,12H,3-6,8H2,1-2H3. The van der Waals surface area contributed by atoms with Crippen LogP contribution in [0.4, 0.5) is 0 Å². The van der Waals surface area contributed by atoms with Gasteiger partial charge in [0.05, 0.1) is 5.75 Å². The molecule has 0 spiro atoms. The molecule has 0 saturated carbocycles. The van der Waals surface area contributed by atoms with Gasteiger partial charge in [-0.25, -0.2) is 8.42 Å². The minimum absolute atomic E-state index is 0.186. The lowest BCUT2D eigenvalue weighted by Gasteiger charge is -2.19. The van der Waals surface area contributed by atoms with Crippen molar-refractivity contribution in [2.75, 3.05) is 12.3 Å². The molecule has 1 aromatic heterocycles. The molecule has 16 heavy (non-hydrogen) atoms. The normalized spacial score (nSPS) is 18.1. The van der Waals surface area contributed by atoms with Gasteiger partial charge >= 0.3 is 0 Å². The average Bonchev–Trinajstić information content (AvgIpc) is 2.51. The molecule has 0 amide bonds. The summed E-state index contributed by atoms with van der Waals surface area (Å²) in [4.78, 5) is 3.23. The molecule has 0 radical (unpaired) electrons. The highest BCUT2D eigenvalue weighted by molar-refractivity contribution is 7.89. The number of aryl methyl sites for hydroxylation is 2. The summed E-state index contributed by atoms with van der Waals surface area (Å²) in [6.07, 6.45) is 3.80. The van der Waals surface area contributed by atoms with Crippen LogP contribution in [0.5, 0.6) is 0 Å². The molecule has 2 heterocycles. The van der Waals surface area contributed by atoms with Crippen LogP contribution in [-0.4, -0.2) is 30.0 Å². The third-order valence-electron chi connectivity index (χ3n) is 3.23. The number of sulfonamides is 1. The van der Waals surface area contributed by atoms with Crippen molar-refractivity contribution in [3.05, 3.63) is 23.0 Å². The monoisotopic (exact) mass is 242 g/mol. The van der Waals surface area contributed by atoms with Crippen LogP contribution in [0.3, 0.4) is 0 Å². The van der Waals surface area contributed by atoms with Crippen LogP contribution in [0.1, 0.15) is 30.2 Å². The zero-order valence-electron chi connectivity index (χ0n) is 9.78. The molecule has 0 bridgehead atoms. The van der Waals surface area contributed by atoms with Gasteiger partial charge in [0.25, 0.3) is 0 Å². The maximum atomic E-state index is 11.9. The van der Waals surface area contributed by atoms with Crippen LogP contribution in [0.2, 0.25) is 0 Å². The largest absolute Gasteiger partial charge is 0.364 e. The molecular formula is C11H18N2O2S. The van der Waals surface area contributed by atoms with E-state index in [0.29, 0.717) is 13.1 Å². The highest BCUT2D eigenvalue weighted by Crippen LogP contribution is 2.22. The van der Waals surface area contributed by atoms with Gasteiger partial charge in [-0.1, -0.05) is 0 Å². The van der Waals surface area contributed by atoms with E-state index in [4.69, 9.17) is 0 Å². The number of rotatable bonds is 2. The Morgan fingerprint density at radius 1 is 1.50 bits per heavy atom. The average molecular weight is 242 g/mol. The van der Waals surface area contributed by atoms with E-state index in [1.54, 1.807) is 11.2 Å². The number of hydrogen-bond acceptors (Lipinski definition) is 2. The highest BCUT2D eigenvalue weighted by atomic mass is 32.2. The van der Waals surface area contributed by atoms with Gasteiger partial charge in [0, 0.05) is 25.0 Å². The first-order valence-electron chi connectivity index (χ1n) is 5.68. The SMILES string of the molecule is CCS(=O)(=O)N1CCCc2[nH]cc(C)c2C1. The van der Waals surface area contributed by atoms with Crippen molar-refractivity contribution in [2.24, 2.45) is 0 Å². The van der Waals surface area contributed by atoms with Gasteiger partial charge in [-0.05, 0) is 37.8 Å². The Morgan fingerprint density at radius 2 is 2.25 bits per heavy atom. The van der Waals surface area contributed by atoms with Gasteiger partial charge in [0.15, 0.2) is 0 Å². The Labute approximate surface area is 96.7 Å². The van der Waals surface area contributed by atoms with Crippen molar-refractivity contribution in [3.63, 3.8) is 0 Å². The van der Waals surface area contributed by atoms with E-state index in [2.05, 4.69) is 4.98 Å². The van der Waals surface area contributed by atoms with E-state index >= 15 is 0 Å². The Hall–Kier alpha value is -0.810. The topological polar surface area (TPSA) is 53.2 Å². The van der Waals surface area contributed by atoms with Crippen LogP contribution >= 0.6 is 0 Å². The quantitative estimate of drug-likeness (QED) is 0.852. The van der Waals surface area contributed by atoms with Gasteiger partial charge in [-0.15, -0.1) is 0 Å². The molecule has 1 N–H and O–H groups in total. The molecule has 0 fully saturated rings. The Morgan fingerprint density at radius 3 is 2.94 bits per heavy atom. The van der Waals surface area contributed by atoms with Crippen LogP contribution in [-0.2, 0) is 23.0 Å². The van der Waals surface area contributed by atoms with Gasteiger partial charge in [0.2, 0.25) is 10.0 Å². The molecule has 1 aliphatic heterocycles. The third kappa shape index (κ3) is 2.01. The van der Waals surface area contributed by atoms with Gasteiger partial charge in [-0.3, -0.25) is 0 Å². The molecule has 0 atom stereocenters. The number of nitrogens with zero attached hydrogens (tertiary/aromatic N) is 1. The minimum atomic E-state index is -3.06. The maximum Gasteiger partial charge on any atom is 0.214 e. The Kier molecular flexibility index (Phi) is 3.08. The van der Waals surface area contributed by atoms with Crippen molar-refractivity contribution >= 4 is 10.0 Å².